The van der Waals surface area contributed by atoms with E-state index in [9.17, 15) is 4.79 Å². The highest BCUT2D eigenvalue weighted by molar-refractivity contribution is 7.13. The van der Waals surface area contributed by atoms with Gasteiger partial charge in [-0.2, -0.15) is 0 Å². The Morgan fingerprint density at radius 3 is 2.53 bits per heavy atom. The number of aromatic nitrogens is 1. The van der Waals surface area contributed by atoms with Crippen molar-refractivity contribution in [2.24, 2.45) is 0 Å². The molecule has 0 N–H and O–H groups in total. The maximum atomic E-state index is 11.6. The third-order valence-electron chi connectivity index (χ3n) is 4.27. The van der Waals surface area contributed by atoms with E-state index in [0.29, 0.717) is 17.9 Å². The fourth-order valence-electron chi connectivity index (χ4n) is 3.24. The summed E-state index contributed by atoms with van der Waals surface area (Å²) in [7, 11) is 0. The van der Waals surface area contributed by atoms with Crippen LogP contribution >= 0.6 is 11.3 Å². The number of Topliss-reactive ketones (excluding diaryl/α,β-unsaturated/α-hetero) is 1. The number of anilines is 1. The first-order valence-electron chi connectivity index (χ1n) is 6.57. The lowest BCUT2D eigenvalue weighted by molar-refractivity contribution is -0.120. The molecule has 1 aromatic heterocycles. The molecule has 2 aliphatic heterocycles. The van der Waals surface area contributed by atoms with Crippen LogP contribution in [0.15, 0.2) is 5.38 Å². The highest BCUT2D eigenvalue weighted by Gasteiger charge is 2.41. The van der Waals surface area contributed by atoms with Crippen molar-refractivity contribution in [3.8, 4) is 0 Å². The number of ketones is 1. The van der Waals surface area contributed by atoms with Gasteiger partial charge < -0.3 is 4.90 Å². The summed E-state index contributed by atoms with van der Waals surface area (Å²) < 4.78 is 0. The zero-order valence-electron chi connectivity index (χ0n) is 9.76. The van der Waals surface area contributed by atoms with Gasteiger partial charge in [0.15, 0.2) is 5.13 Å². The molecule has 2 saturated heterocycles. The Morgan fingerprint density at radius 2 is 1.88 bits per heavy atom. The van der Waals surface area contributed by atoms with Gasteiger partial charge in [0.25, 0.3) is 0 Å². The molecule has 3 aliphatic rings. The minimum atomic E-state index is 0.444. The summed E-state index contributed by atoms with van der Waals surface area (Å²) in [6.07, 6.45) is 6.47. The van der Waals surface area contributed by atoms with E-state index in [4.69, 9.17) is 4.98 Å². The van der Waals surface area contributed by atoms with Crippen LogP contribution in [-0.4, -0.2) is 22.9 Å². The van der Waals surface area contributed by atoms with Crippen molar-refractivity contribution in [3.63, 3.8) is 0 Å². The largest absolute Gasteiger partial charge is 0.341 e. The average molecular weight is 248 g/mol. The molecule has 2 atom stereocenters. The Labute approximate surface area is 105 Å². The summed E-state index contributed by atoms with van der Waals surface area (Å²) in [5.74, 6) is 1.19. The maximum Gasteiger partial charge on any atom is 0.186 e. The molecule has 0 radical (unpaired) electrons. The Bertz CT molecular complexity index is 450. The van der Waals surface area contributed by atoms with Gasteiger partial charge in [-0.3, -0.25) is 4.79 Å². The topological polar surface area (TPSA) is 33.2 Å². The minimum absolute atomic E-state index is 0.444. The van der Waals surface area contributed by atoms with E-state index < -0.39 is 0 Å². The van der Waals surface area contributed by atoms with E-state index in [-0.39, 0.29) is 0 Å². The quantitative estimate of drug-likeness (QED) is 0.807. The molecule has 4 heteroatoms. The molecule has 3 fully saturated rings. The summed E-state index contributed by atoms with van der Waals surface area (Å²) in [5.41, 5.74) is 1.29. The third kappa shape index (κ3) is 1.61. The first-order chi connectivity index (χ1) is 8.31. The van der Waals surface area contributed by atoms with Crippen LogP contribution < -0.4 is 4.90 Å². The minimum Gasteiger partial charge on any atom is -0.341 e. The third-order valence-corrected chi connectivity index (χ3v) is 5.15. The highest BCUT2D eigenvalue weighted by atomic mass is 32.1. The number of carbonyl (C=O) groups is 1. The molecule has 90 valence electrons. The lowest BCUT2D eigenvalue weighted by Gasteiger charge is -2.33. The van der Waals surface area contributed by atoms with Gasteiger partial charge >= 0.3 is 0 Å². The van der Waals surface area contributed by atoms with Crippen molar-refractivity contribution in [3.05, 3.63) is 11.1 Å². The van der Waals surface area contributed by atoms with E-state index in [0.717, 1.165) is 18.8 Å². The number of hydrogen-bond donors (Lipinski definition) is 0. The standard InChI is InChI=1S/C13H16N2OS/c16-11-5-9-3-4-10(6-11)15(9)13-14-12(7-17-13)8-1-2-8/h7-10H,1-6H2. The molecule has 0 spiro atoms. The second-order valence-electron chi connectivity index (χ2n) is 5.57. The second kappa shape index (κ2) is 3.55. The van der Waals surface area contributed by atoms with Crippen LogP contribution in [0.2, 0.25) is 0 Å². The Morgan fingerprint density at radius 1 is 1.18 bits per heavy atom. The molecule has 0 amide bonds. The number of rotatable bonds is 2. The summed E-state index contributed by atoms with van der Waals surface area (Å²) in [6.45, 7) is 0. The van der Waals surface area contributed by atoms with Gasteiger partial charge in [-0.25, -0.2) is 4.98 Å². The number of nitrogens with zero attached hydrogens (tertiary/aromatic N) is 2. The van der Waals surface area contributed by atoms with E-state index in [1.54, 1.807) is 11.3 Å². The van der Waals surface area contributed by atoms with Crippen LogP contribution in [0, 0.1) is 0 Å². The molecule has 1 aromatic rings. The van der Waals surface area contributed by atoms with Crippen molar-refractivity contribution in [1.29, 1.82) is 0 Å². The van der Waals surface area contributed by atoms with Crippen LogP contribution in [0.4, 0.5) is 5.13 Å². The average Bonchev–Trinajstić information content (AvgIpc) is 2.98. The summed E-state index contributed by atoms with van der Waals surface area (Å²) in [5, 5.41) is 3.40. The maximum absolute atomic E-state index is 11.6. The number of thiazole rings is 1. The van der Waals surface area contributed by atoms with E-state index >= 15 is 0 Å². The van der Waals surface area contributed by atoms with Gasteiger partial charge in [-0.05, 0) is 25.7 Å². The van der Waals surface area contributed by atoms with Crippen molar-refractivity contribution in [2.45, 2.75) is 56.5 Å². The molecule has 4 rings (SSSR count). The lowest BCUT2D eigenvalue weighted by Crippen LogP contribution is -2.43. The van der Waals surface area contributed by atoms with E-state index in [1.807, 2.05) is 0 Å². The zero-order chi connectivity index (χ0) is 11.4. The predicted octanol–water partition coefficient (Wildman–Crippen LogP) is 2.72. The zero-order valence-corrected chi connectivity index (χ0v) is 10.6. The normalized spacial score (nSPS) is 32.2. The van der Waals surface area contributed by atoms with Crippen molar-refractivity contribution in [1.82, 2.24) is 4.98 Å². The number of carbonyl (C=O) groups excluding carboxylic acids is 1. The molecule has 2 unspecified atom stereocenters. The molecule has 0 aromatic carbocycles. The van der Waals surface area contributed by atoms with Crippen LogP contribution in [0.3, 0.4) is 0 Å². The SMILES string of the molecule is O=C1CC2CCC(C1)N2c1nc(C2CC2)cs1. The van der Waals surface area contributed by atoms with Gasteiger partial charge in [0.05, 0.1) is 5.69 Å². The van der Waals surface area contributed by atoms with Gasteiger partial charge in [0.1, 0.15) is 5.78 Å². The number of fused-ring (bicyclic) bond motifs is 2. The van der Waals surface area contributed by atoms with Crippen molar-refractivity contribution in [2.75, 3.05) is 4.90 Å². The van der Waals surface area contributed by atoms with Crippen LogP contribution in [0.1, 0.15) is 50.1 Å². The molecule has 1 aliphatic carbocycles. The first-order valence-corrected chi connectivity index (χ1v) is 7.44. The second-order valence-corrected chi connectivity index (χ2v) is 6.40. The Hall–Kier alpha value is -0.900. The van der Waals surface area contributed by atoms with Gasteiger partial charge in [-0.1, -0.05) is 0 Å². The van der Waals surface area contributed by atoms with Crippen LogP contribution in [0.25, 0.3) is 0 Å². The molecule has 3 heterocycles. The number of hydrogen-bond acceptors (Lipinski definition) is 4. The molecule has 17 heavy (non-hydrogen) atoms. The molecule has 3 nitrogen and oxygen atoms in total. The Balaban J connectivity index is 1.63. The van der Waals surface area contributed by atoms with Crippen LogP contribution in [-0.2, 0) is 4.79 Å². The van der Waals surface area contributed by atoms with E-state index in [2.05, 4.69) is 10.3 Å². The van der Waals surface area contributed by atoms with Gasteiger partial charge in [0, 0.05) is 36.2 Å². The molecular weight excluding hydrogens is 232 g/mol. The van der Waals surface area contributed by atoms with Crippen molar-refractivity contribution >= 4 is 22.3 Å². The predicted molar refractivity (Wildman–Crippen MR) is 67.6 cm³/mol. The Kier molecular flexibility index (Phi) is 2.10. The van der Waals surface area contributed by atoms with Gasteiger partial charge in [0.2, 0.25) is 0 Å². The van der Waals surface area contributed by atoms with E-state index in [1.165, 1.54) is 36.5 Å². The molecular formula is C13H16N2OS. The first kappa shape index (κ1) is 10.1. The van der Waals surface area contributed by atoms with Crippen molar-refractivity contribution < 1.29 is 4.79 Å². The fraction of sp³-hybridized carbons (Fsp3) is 0.692. The highest BCUT2D eigenvalue weighted by Crippen LogP contribution is 2.44. The smallest absolute Gasteiger partial charge is 0.186 e. The van der Waals surface area contributed by atoms with Crippen LogP contribution in [0.5, 0.6) is 0 Å². The monoisotopic (exact) mass is 248 g/mol. The number of piperidine rings is 1. The molecule has 1 saturated carbocycles. The molecule has 2 bridgehead atoms. The summed E-state index contributed by atoms with van der Waals surface area (Å²) >= 11 is 1.78. The lowest BCUT2D eigenvalue weighted by atomic mass is 10.0. The summed E-state index contributed by atoms with van der Waals surface area (Å²) in [6, 6.07) is 0.888. The summed E-state index contributed by atoms with van der Waals surface area (Å²) in [4.78, 5) is 18.8. The van der Waals surface area contributed by atoms with Gasteiger partial charge in [-0.15, -0.1) is 11.3 Å². The fourth-order valence-corrected chi connectivity index (χ4v) is 4.29.